The highest BCUT2D eigenvalue weighted by Gasteiger charge is 2.37. The molecule has 0 saturated carbocycles. The molecular formula is C19H24N4OS. The molecule has 132 valence electrons. The van der Waals surface area contributed by atoms with Crippen LogP contribution in [-0.2, 0) is 13.1 Å². The Morgan fingerprint density at radius 2 is 2.08 bits per heavy atom. The Morgan fingerprint density at radius 1 is 1.20 bits per heavy atom. The molecule has 3 aliphatic heterocycles. The lowest BCUT2D eigenvalue weighted by Gasteiger charge is -2.36. The zero-order valence-electron chi connectivity index (χ0n) is 14.3. The highest BCUT2D eigenvalue weighted by molar-refractivity contribution is 7.07. The first kappa shape index (κ1) is 16.5. The van der Waals surface area contributed by atoms with Crippen molar-refractivity contribution < 1.29 is 4.79 Å². The quantitative estimate of drug-likeness (QED) is 0.916. The second-order valence-corrected chi connectivity index (χ2v) is 7.79. The van der Waals surface area contributed by atoms with Gasteiger partial charge < -0.3 is 10.2 Å². The van der Waals surface area contributed by atoms with Gasteiger partial charge in [0.25, 0.3) is 0 Å². The molecule has 0 radical (unpaired) electrons. The molecule has 4 heterocycles. The van der Waals surface area contributed by atoms with E-state index in [0.29, 0.717) is 18.5 Å². The van der Waals surface area contributed by atoms with E-state index in [9.17, 15) is 4.79 Å². The van der Waals surface area contributed by atoms with E-state index >= 15 is 0 Å². The molecule has 2 atom stereocenters. The average molecular weight is 356 g/mol. The third kappa shape index (κ3) is 4.02. The van der Waals surface area contributed by atoms with Gasteiger partial charge >= 0.3 is 6.03 Å². The fraction of sp³-hybridized carbons (Fsp3) is 0.474. The summed E-state index contributed by atoms with van der Waals surface area (Å²) in [5, 5.41) is 5.22. The van der Waals surface area contributed by atoms with Crippen LogP contribution >= 0.6 is 11.3 Å². The molecular weight excluding hydrogens is 332 g/mol. The maximum atomic E-state index is 12.7. The van der Waals surface area contributed by atoms with Crippen molar-refractivity contribution in [1.82, 2.24) is 20.1 Å². The molecule has 2 bridgehead atoms. The number of fused-ring (bicyclic) bond motifs is 4. The topological polar surface area (TPSA) is 48.5 Å². The lowest BCUT2D eigenvalue weighted by Crippen LogP contribution is -2.51. The number of carbonyl (C=O) groups is 1. The van der Waals surface area contributed by atoms with Gasteiger partial charge in [-0.1, -0.05) is 30.3 Å². The summed E-state index contributed by atoms with van der Waals surface area (Å²) >= 11 is 1.65. The van der Waals surface area contributed by atoms with Crippen molar-refractivity contribution in [2.24, 2.45) is 5.92 Å². The number of carbonyl (C=O) groups excluding carboxylic acids is 1. The molecule has 0 aliphatic carbocycles. The zero-order valence-corrected chi connectivity index (χ0v) is 15.1. The Morgan fingerprint density at radius 3 is 2.88 bits per heavy atom. The van der Waals surface area contributed by atoms with E-state index in [4.69, 9.17) is 0 Å². The highest BCUT2D eigenvalue weighted by Crippen LogP contribution is 2.28. The van der Waals surface area contributed by atoms with Gasteiger partial charge in [-0.3, -0.25) is 4.90 Å². The second kappa shape index (κ2) is 7.54. The molecule has 1 aromatic carbocycles. The molecule has 1 aromatic heterocycles. The molecule has 2 amide bonds. The number of benzene rings is 1. The SMILES string of the molecule is O=C(NCc1ccccc1)N1C[C@H]2CC[C@@H]1CN(Cc1cscn1)C2. The molecule has 0 spiro atoms. The van der Waals surface area contributed by atoms with E-state index in [1.54, 1.807) is 11.3 Å². The van der Waals surface area contributed by atoms with Crippen LogP contribution in [0.2, 0.25) is 0 Å². The van der Waals surface area contributed by atoms with Gasteiger partial charge in [0.15, 0.2) is 0 Å². The van der Waals surface area contributed by atoms with E-state index < -0.39 is 0 Å². The van der Waals surface area contributed by atoms with Crippen LogP contribution in [0.1, 0.15) is 24.1 Å². The number of nitrogens with zero attached hydrogens (tertiary/aromatic N) is 3. The van der Waals surface area contributed by atoms with E-state index in [1.165, 1.54) is 6.42 Å². The van der Waals surface area contributed by atoms with Gasteiger partial charge in [-0.15, -0.1) is 11.3 Å². The minimum atomic E-state index is 0.0778. The number of hydrogen-bond donors (Lipinski definition) is 1. The number of hydrogen-bond acceptors (Lipinski definition) is 4. The van der Waals surface area contributed by atoms with Crippen molar-refractivity contribution in [3.05, 3.63) is 52.5 Å². The fourth-order valence-corrected chi connectivity index (χ4v) is 4.53. The maximum absolute atomic E-state index is 12.7. The molecule has 5 nitrogen and oxygen atoms in total. The average Bonchev–Trinajstić information content (AvgIpc) is 2.99. The van der Waals surface area contributed by atoms with Crippen molar-refractivity contribution >= 4 is 17.4 Å². The van der Waals surface area contributed by atoms with Gasteiger partial charge in [0.2, 0.25) is 0 Å². The molecule has 0 unspecified atom stereocenters. The van der Waals surface area contributed by atoms with Crippen LogP contribution in [0.3, 0.4) is 0 Å². The summed E-state index contributed by atoms with van der Waals surface area (Å²) in [5.74, 6) is 0.569. The number of nitrogens with one attached hydrogen (secondary N) is 1. The van der Waals surface area contributed by atoms with Crippen LogP contribution in [0.25, 0.3) is 0 Å². The number of thiazole rings is 1. The lowest BCUT2D eigenvalue weighted by atomic mass is 9.95. The number of rotatable bonds is 4. The van der Waals surface area contributed by atoms with Crippen LogP contribution in [-0.4, -0.2) is 46.5 Å². The summed E-state index contributed by atoms with van der Waals surface area (Å²) in [6.45, 7) is 4.38. The Kier molecular flexibility index (Phi) is 4.99. The van der Waals surface area contributed by atoms with Crippen LogP contribution in [0.5, 0.6) is 0 Å². The summed E-state index contributed by atoms with van der Waals surface area (Å²) in [7, 11) is 0. The van der Waals surface area contributed by atoms with Crippen molar-refractivity contribution in [2.45, 2.75) is 32.0 Å². The van der Waals surface area contributed by atoms with Gasteiger partial charge in [0, 0.05) is 44.1 Å². The first-order valence-electron chi connectivity index (χ1n) is 8.96. The third-order valence-corrected chi connectivity index (χ3v) is 5.84. The van der Waals surface area contributed by atoms with Crippen molar-refractivity contribution in [2.75, 3.05) is 19.6 Å². The predicted octanol–water partition coefficient (Wildman–Crippen LogP) is 2.95. The largest absolute Gasteiger partial charge is 0.334 e. The number of urea groups is 1. The standard InChI is InChI=1S/C19H24N4OS/c24-19(20-8-15-4-2-1-3-5-15)23-10-16-6-7-18(23)12-22(9-16)11-17-13-25-14-21-17/h1-5,13-14,16,18H,6-12H2,(H,20,24)/t16-,18+/m0/s1. The number of amides is 2. The smallest absolute Gasteiger partial charge is 0.317 e. The molecule has 5 rings (SSSR count). The Labute approximate surface area is 152 Å². The summed E-state index contributed by atoms with van der Waals surface area (Å²) in [4.78, 5) is 21.7. The van der Waals surface area contributed by atoms with Crippen LogP contribution in [0.4, 0.5) is 4.79 Å². The normalized spacial score (nSPS) is 23.4. The first-order chi connectivity index (χ1) is 12.3. The summed E-state index contributed by atoms with van der Waals surface area (Å²) in [6.07, 6.45) is 2.33. The van der Waals surface area contributed by atoms with Crippen LogP contribution in [0.15, 0.2) is 41.2 Å². The van der Waals surface area contributed by atoms with Gasteiger partial charge in [-0.25, -0.2) is 9.78 Å². The summed E-state index contributed by atoms with van der Waals surface area (Å²) < 4.78 is 0. The van der Waals surface area contributed by atoms with Crippen LogP contribution in [0, 0.1) is 5.92 Å². The van der Waals surface area contributed by atoms with Crippen LogP contribution < -0.4 is 5.32 Å². The van der Waals surface area contributed by atoms with E-state index in [2.05, 4.69) is 25.5 Å². The molecule has 3 aliphatic rings. The minimum Gasteiger partial charge on any atom is -0.334 e. The molecule has 6 heteroatoms. The van der Waals surface area contributed by atoms with Gasteiger partial charge in [0.05, 0.1) is 11.2 Å². The highest BCUT2D eigenvalue weighted by atomic mass is 32.1. The Balaban J connectivity index is 1.37. The monoisotopic (exact) mass is 356 g/mol. The van der Waals surface area contributed by atoms with Crippen molar-refractivity contribution in [3.8, 4) is 0 Å². The first-order valence-corrected chi connectivity index (χ1v) is 9.90. The van der Waals surface area contributed by atoms with E-state index in [-0.39, 0.29) is 6.03 Å². The molecule has 25 heavy (non-hydrogen) atoms. The predicted molar refractivity (Wildman–Crippen MR) is 99.3 cm³/mol. The lowest BCUT2D eigenvalue weighted by molar-refractivity contribution is 0.140. The molecule has 2 aromatic rings. The Hall–Kier alpha value is -1.92. The minimum absolute atomic E-state index is 0.0778. The van der Waals surface area contributed by atoms with E-state index in [0.717, 1.165) is 43.9 Å². The summed E-state index contributed by atoms with van der Waals surface area (Å²) in [6, 6.07) is 10.5. The fourth-order valence-electron chi connectivity index (χ4n) is 3.98. The van der Waals surface area contributed by atoms with Crippen molar-refractivity contribution in [1.29, 1.82) is 0 Å². The van der Waals surface area contributed by atoms with Gasteiger partial charge in [-0.2, -0.15) is 0 Å². The van der Waals surface area contributed by atoms with Crippen molar-refractivity contribution in [3.63, 3.8) is 0 Å². The second-order valence-electron chi connectivity index (χ2n) is 7.07. The van der Waals surface area contributed by atoms with Gasteiger partial charge in [-0.05, 0) is 24.3 Å². The third-order valence-electron chi connectivity index (χ3n) is 5.21. The summed E-state index contributed by atoms with van der Waals surface area (Å²) in [5.41, 5.74) is 4.18. The zero-order chi connectivity index (χ0) is 17.1. The number of aromatic nitrogens is 1. The molecule has 3 saturated heterocycles. The number of piperidine rings is 1. The molecule has 3 fully saturated rings. The van der Waals surface area contributed by atoms with E-state index in [1.807, 2.05) is 35.8 Å². The van der Waals surface area contributed by atoms with Gasteiger partial charge in [0.1, 0.15) is 0 Å². The maximum Gasteiger partial charge on any atom is 0.317 e. The molecule has 1 N–H and O–H groups in total. The Bertz CT molecular complexity index is 691.